The van der Waals surface area contributed by atoms with Gasteiger partial charge >= 0.3 is 0 Å². The Kier molecular flexibility index (Phi) is 22.5. The minimum atomic E-state index is 0.698. The van der Waals surface area contributed by atoms with E-state index in [0.717, 1.165) is 11.3 Å². The molecule has 1 nitrogen and oxygen atoms in total. The average molecular weight is 264 g/mol. The molecule has 0 amide bonds. The molecule has 0 unspecified atom stereocenters. The molecule has 1 aromatic rings. The van der Waals surface area contributed by atoms with Gasteiger partial charge in [-0.1, -0.05) is 80.2 Å². The third-order valence-corrected chi connectivity index (χ3v) is 1.61. The molecule has 0 N–H and O–H groups in total. The molecule has 1 heteroatoms. The van der Waals surface area contributed by atoms with E-state index in [2.05, 4.69) is 6.58 Å². The minimum Gasteiger partial charge on any atom is -0.457 e. The predicted octanol–water partition coefficient (Wildman–Crippen LogP) is 6.71. The molecule has 0 radical (unpaired) electrons. The van der Waals surface area contributed by atoms with Gasteiger partial charge in [0.2, 0.25) is 0 Å². The summed E-state index contributed by atoms with van der Waals surface area (Å²) in [4.78, 5) is 0. The van der Waals surface area contributed by atoms with Crippen molar-refractivity contribution in [1.82, 2.24) is 0 Å². The summed E-state index contributed by atoms with van der Waals surface area (Å²) in [5.74, 6) is 1.59. The first-order valence-electron chi connectivity index (χ1n) is 7.50. The van der Waals surface area contributed by atoms with Crippen molar-refractivity contribution in [1.29, 1.82) is 0 Å². The fourth-order valence-electron chi connectivity index (χ4n) is 1.07. The third kappa shape index (κ3) is 10.1. The fourth-order valence-corrected chi connectivity index (χ4v) is 1.07. The zero-order valence-electron chi connectivity index (χ0n) is 14.1. The number of hydrogen-bond acceptors (Lipinski definition) is 1. The Morgan fingerprint density at radius 2 is 1.21 bits per heavy atom. The number of ether oxygens (including phenoxy) is 1. The number of benzene rings is 1. The minimum absolute atomic E-state index is 0.698. The van der Waals surface area contributed by atoms with Crippen molar-refractivity contribution in [3.63, 3.8) is 0 Å². The molecule has 0 bridgehead atoms. The molecule has 19 heavy (non-hydrogen) atoms. The SMILES string of the molecule is C=C1C=Cc2ccccc2O1.CC.CC.CC.CC. The van der Waals surface area contributed by atoms with E-state index in [1.54, 1.807) is 0 Å². The molecule has 2 rings (SSSR count). The molecule has 1 heterocycles. The first-order chi connectivity index (χ1) is 9.36. The Bertz CT molecular complexity index is 324. The number of fused-ring (bicyclic) bond motifs is 1. The topological polar surface area (TPSA) is 9.23 Å². The molecular weight excluding hydrogens is 232 g/mol. The van der Waals surface area contributed by atoms with Crippen molar-refractivity contribution < 1.29 is 4.74 Å². The number of hydrogen-bond donors (Lipinski definition) is 0. The van der Waals surface area contributed by atoms with Gasteiger partial charge in [0, 0.05) is 5.56 Å². The van der Waals surface area contributed by atoms with Crippen molar-refractivity contribution >= 4 is 6.08 Å². The first-order valence-corrected chi connectivity index (χ1v) is 7.50. The van der Waals surface area contributed by atoms with Gasteiger partial charge in [-0.2, -0.15) is 0 Å². The van der Waals surface area contributed by atoms with Crippen molar-refractivity contribution in [2.75, 3.05) is 0 Å². The van der Waals surface area contributed by atoms with Gasteiger partial charge in [-0.05, 0) is 18.2 Å². The lowest BCUT2D eigenvalue weighted by Gasteiger charge is -2.12. The van der Waals surface area contributed by atoms with Gasteiger partial charge in [0.1, 0.15) is 11.5 Å². The highest BCUT2D eigenvalue weighted by Crippen LogP contribution is 2.25. The number of rotatable bonds is 0. The summed E-state index contributed by atoms with van der Waals surface area (Å²) >= 11 is 0. The van der Waals surface area contributed by atoms with Crippen LogP contribution in [0, 0.1) is 0 Å². The lowest BCUT2D eigenvalue weighted by Crippen LogP contribution is -1.96. The molecule has 0 saturated heterocycles. The predicted molar refractivity (Wildman–Crippen MR) is 90.6 cm³/mol. The van der Waals surface area contributed by atoms with Gasteiger partial charge in [0.25, 0.3) is 0 Å². The largest absolute Gasteiger partial charge is 0.457 e. The Morgan fingerprint density at radius 1 is 0.737 bits per heavy atom. The van der Waals surface area contributed by atoms with Crippen molar-refractivity contribution in [2.24, 2.45) is 0 Å². The van der Waals surface area contributed by atoms with Gasteiger partial charge in [-0.25, -0.2) is 0 Å². The molecule has 0 aliphatic carbocycles. The summed E-state index contributed by atoms with van der Waals surface area (Å²) in [6, 6.07) is 7.88. The van der Waals surface area contributed by atoms with Gasteiger partial charge in [-0.3, -0.25) is 0 Å². The van der Waals surface area contributed by atoms with E-state index in [-0.39, 0.29) is 0 Å². The third-order valence-electron chi connectivity index (χ3n) is 1.61. The van der Waals surface area contributed by atoms with Gasteiger partial charge in [-0.15, -0.1) is 0 Å². The van der Waals surface area contributed by atoms with Gasteiger partial charge in [0.05, 0.1) is 0 Å². The quantitative estimate of drug-likeness (QED) is 0.506. The van der Waals surface area contributed by atoms with Crippen LogP contribution >= 0.6 is 0 Å². The van der Waals surface area contributed by atoms with Crippen molar-refractivity contribution in [3.05, 3.63) is 48.2 Å². The second-order valence-electron chi connectivity index (χ2n) is 2.44. The maximum Gasteiger partial charge on any atom is 0.134 e. The summed E-state index contributed by atoms with van der Waals surface area (Å²) in [5.41, 5.74) is 1.11. The van der Waals surface area contributed by atoms with Crippen LogP contribution in [0.4, 0.5) is 0 Å². The molecule has 1 aliphatic heterocycles. The Labute approximate surface area is 121 Å². The van der Waals surface area contributed by atoms with Crippen molar-refractivity contribution in [3.8, 4) is 5.75 Å². The van der Waals surface area contributed by atoms with Crippen LogP contribution in [0.3, 0.4) is 0 Å². The molecule has 0 fully saturated rings. The van der Waals surface area contributed by atoms with Crippen LogP contribution in [0.25, 0.3) is 6.08 Å². The fraction of sp³-hybridized carbons (Fsp3) is 0.444. The zero-order valence-corrected chi connectivity index (χ0v) is 14.1. The van der Waals surface area contributed by atoms with Crippen LogP contribution in [-0.2, 0) is 0 Å². The van der Waals surface area contributed by atoms with E-state index in [4.69, 9.17) is 4.74 Å². The van der Waals surface area contributed by atoms with E-state index < -0.39 is 0 Å². The van der Waals surface area contributed by atoms with Crippen molar-refractivity contribution in [2.45, 2.75) is 55.4 Å². The first kappa shape index (κ1) is 22.7. The Balaban J connectivity index is -0.000000278. The van der Waals surface area contributed by atoms with E-state index in [1.165, 1.54) is 0 Å². The van der Waals surface area contributed by atoms with E-state index in [1.807, 2.05) is 91.8 Å². The van der Waals surface area contributed by atoms with E-state index in [0.29, 0.717) is 5.76 Å². The van der Waals surface area contributed by atoms with Crippen LogP contribution in [0.2, 0.25) is 0 Å². The van der Waals surface area contributed by atoms with E-state index in [9.17, 15) is 0 Å². The van der Waals surface area contributed by atoms with Crippen LogP contribution in [0.15, 0.2) is 42.7 Å². The normalized spacial score (nSPS) is 9.37. The molecule has 110 valence electrons. The lowest BCUT2D eigenvalue weighted by molar-refractivity contribution is 0.442. The van der Waals surface area contributed by atoms with Gasteiger partial charge < -0.3 is 4.74 Å². The monoisotopic (exact) mass is 264 g/mol. The molecular formula is C18H32O. The zero-order chi connectivity index (χ0) is 15.7. The number of para-hydroxylation sites is 1. The summed E-state index contributed by atoms with van der Waals surface area (Å²) in [6.07, 6.45) is 3.86. The highest BCUT2D eigenvalue weighted by atomic mass is 16.5. The van der Waals surface area contributed by atoms with E-state index >= 15 is 0 Å². The lowest BCUT2D eigenvalue weighted by atomic mass is 10.1. The Morgan fingerprint density at radius 3 is 1.74 bits per heavy atom. The van der Waals surface area contributed by atoms with Crippen LogP contribution in [0.1, 0.15) is 61.0 Å². The molecule has 1 aromatic carbocycles. The molecule has 0 spiro atoms. The number of allylic oxidation sites excluding steroid dienone is 1. The maximum atomic E-state index is 5.35. The summed E-state index contributed by atoms with van der Waals surface area (Å²) in [5, 5.41) is 0. The average Bonchev–Trinajstić information content (AvgIpc) is 2.55. The standard InChI is InChI=1S/C10H8O.4C2H6/c1-8-6-7-9-4-2-3-5-10(9)11-8;4*1-2/h2-7H,1H2;4*1-2H3. The van der Waals surface area contributed by atoms with Crippen LogP contribution in [0.5, 0.6) is 5.75 Å². The summed E-state index contributed by atoms with van der Waals surface area (Å²) in [6.45, 7) is 19.7. The summed E-state index contributed by atoms with van der Waals surface area (Å²) in [7, 11) is 0. The van der Waals surface area contributed by atoms with Crippen LogP contribution in [-0.4, -0.2) is 0 Å². The summed E-state index contributed by atoms with van der Waals surface area (Å²) < 4.78 is 5.35. The highest BCUT2D eigenvalue weighted by molar-refractivity contribution is 5.62. The van der Waals surface area contributed by atoms with Gasteiger partial charge in [0.15, 0.2) is 0 Å². The Hall–Kier alpha value is -1.50. The van der Waals surface area contributed by atoms with Crippen LogP contribution < -0.4 is 4.74 Å². The smallest absolute Gasteiger partial charge is 0.134 e. The highest BCUT2D eigenvalue weighted by Gasteiger charge is 2.04. The maximum absolute atomic E-state index is 5.35. The molecule has 0 atom stereocenters. The molecule has 0 saturated carbocycles. The molecule has 0 aromatic heterocycles. The second-order valence-corrected chi connectivity index (χ2v) is 2.44. The second kappa shape index (κ2) is 18.9. The molecule has 1 aliphatic rings.